The second-order valence-corrected chi connectivity index (χ2v) is 6.52. The Morgan fingerprint density at radius 3 is 2.15 bits per heavy atom. The summed E-state index contributed by atoms with van der Waals surface area (Å²) >= 11 is 0. The lowest BCUT2D eigenvalue weighted by Crippen LogP contribution is -2.35. The molecular weight excluding hydrogens is 336 g/mol. The van der Waals surface area contributed by atoms with Crippen LogP contribution in [0.2, 0.25) is 0 Å². The molecule has 0 aromatic rings. The molecule has 156 valence electrons. The number of hydrogen-bond acceptors (Lipinski definition) is 4. The summed E-state index contributed by atoms with van der Waals surface area (Å²) in [7, 11) is 6.00. The van der Waals surface area contributed by atoms with Gasteiger partial charge in [0, 0.05) is 19.2 Å². The number of nitrogens with zero attached hydrogens (tertiary/aromatic N) is 2. The van der Waals surface area contributed by atoms with Crippen molar-refractivity contribution in [2.45, 2.75) is 67.2 Å². The van der Waals surface area contributed by atoms with E-state index in [1.165, 1.54) is 18.1 Å². The van der Waals surface area contributed by atoms with Gasteiger partial charge in [-0.25, -0.2) is 0 Å². The maximum Gasteiger partial charge on any atom is 0.217 e. The van der Waals surface area contributed by atoms with Crippen LogP contribution in [0.25, 0.3) is 0 Å². The third-order valence-corrected chi connectivity index (χ3v) is 3.77. The molecule has 0 unspecified atom stereocenters. The molecule has 1 aliphatic carbocycles. The van der Waals surface area contributed by atoms with Crippen molar-refractivity contribution >= 4 is 11.6 Å². The van der Waals surface area contributed by atoms with Crippen molar-refractivity contribution in [3.05, 3.63) is 35.1 Å². The Hall–Kier alpha value is -1.68. The predicted molar refractivity (Wildman–Crippen MR) is 118 cm³/mol. The molecule has 4 heteroatoms. The minimum absolute atomic E-state index is 0.218. The van der Waals surface area contributed by atoms with Crippen LogP contribution in [0.3, 0.4) is 0 Å². The molecule has 0 radical (unpaired) electrons. The first-order valence-electron chi connectivity index (χ1n) is 10.3. The van der Waals surface area contributed by atoms with Crippen molar-refractivity contribution < 1.29 is 9.59 Å². The first kappa shape index (κ1) is 27.5. The number of Topliss-reactive ketones (excluding diaryl/α,β-unsaturated/α-hetero) is 2. The average Bonchev–Trinajstić information content (AvgIpc) is 2.87. The summed E-state index contributed by atoms with van der Waals surface area (Å²) < 4.78 is 0. The molecular formula is C23H42N2O2. The molecule has 0 saturated heterocycles. The highest BCUT2D eigenvalue weighted by Gasteiger charge is 2.22. The molecule has 0 bridgehead atoms. The van der Waals surface area contributed by atoms with Gasteiger partial charge in [-0.1, -0.05) is 52.3 Å². The highest BCUT2D eigenvalue weighted by molar-refractivity contribution is 6.37. The molecule has 0 fully saturated rings. The van der Waals surface area contributed by atoms with Gasteiger partial charge in [-0.05, 0) is 58.5 Å². The van der Waals surface area contributed by atoms with Crippen LogP contribution in [-0.2, 0) is 9.59 Å². The Balaban J connectivity index is 0. The lowest BCUT2D eigenvalue weighted by molar-refractivity contribution is -0.135. The van der Waals surface area contributed by atoms with Crippen LogP contribution < -0.4 is 0 Å². The quantitative estimate of drug-likeness (QED) is 0.644. The van der Waals surface area contributed by atoms with Crippen molar-refractivity contribution in [3.8, 4) is 0 Å². The largest absolute Gasteiger partial charge is 0.363 e. The zero-order chi connectivity index (χ0) is 21.4. The first-order chi connectivity index (χ1) is 12.8. The summed E-state index contributed by atoms with van der Waals surface area (Å²) in [4.78, 5) is 26.9. The van der Waals surface area contributed by atoms with Crippen molar-refractivity contribution in [2.75, 3.05) is 34.2 Å². The first-order valence-corrected chi connectivity index (χ1v) is 10.3. The molecule has 0 spiro atoms. The van der Waals surface area contributed by atoms with E-state index in [0.29, 0.717) is 0 Å². The summed E-state index contributed by atoms with van der Waals surface area (Å²) in [6, 6.07) is 0. The van der Waals surface area contributed by atoms with E-state index >= 15 is 0 Å². The lowest BCUT2D eigenvalue weighted by Gasteiger charge is -2.31. The van der Waals surface area contributed by atoms with Crippen LogP contribution in [0.5, 0.6) is 0 Å². The van der Waals surface area contributed by atoms with Crippen LogP contribution in [0, 0.1) is 0 Å². The van der Waals surface area contributed by atoms with E-state index in [-0.39, 0.29) is 18.1 Å². The monoisotopic (exact) mass is 378 g/mol. The molecule has 27 heavy (non-hydrogen) atoms. The number of ketones is 2. The average molecular weight is 379 g/mol. The van der Waals surface area contributed by atoms with Crippen LogP contribution >= 0.6 is 0 Å². The highest BCUT2D eigenvalue weighted by atomic mass is 16.2. The molecule has 1 aliphatic heterocycles. The second kappa shape index (κ2) is 16.5. The van der Waals surface area contributed by atoms with Gasteiger partial charge in [0.05, 0.1) is 6.54 Å². The molecule has 2 aliphatic rings. The fourth-order valence-electron chi connectivity index (χ4n) is 2.56. The lowest BCUT2D eigenvalue weighted by atomic mass is 10.0. The summed E-state index contributed by atoms with van der Waals surface area (Å²) in [5.41, 5.74) is 3.82. The number of carbonyl (C=O) groups is 2. The zero-order valence-corrected chi connectivity index (χ0v) is 19.2. The van der Waals surface area contributed by atoms with Crippen molar-refractivity contribution in [1.82, 2.24) is 9.80 Å². The third kappa shape index (κ3) is 11.6. The van der Waals surface area contributed by atoms with E-state index in [9.17, 15) is 9.59 Å². The van der Waals surface area contributed by atoms with E-state index in [1.54, 1.807) is 0 Å². The standard InChI is InChI=1S/C16H21NO2.C3H9N.2C2H6/c1-3-13-6-4-7-14-8-5-9-17(15(14)10-13)11-16(19)12(2)18;1-4(2)3;2*1-2/h4,7,10H,3,5-6,8-9,11H2,1-2H3;1-3H3;2*1-2H3. The fraction of sp³-hybridized carbons (Fsp3) is 0.652. The minimum Gasteiger partial charge on any atom is -0.363 e. The molecule has 0 saturated carbocycles. The maximum absolute atomic E-state index is 11.7. The van der Waals surface area contributed by atoms with Crippen molar-refractivity contribution in [3.63, 3.8) is 0 Å². The molecule has 2 rings (SSSR count). The predicted octanol–water partition coefficient (Wildman–Crippen LogP) is 5.02. The van der Waals surface area contributed by atoms with Gasteiger partial charge < -0.3 is 9.80 Å². The van der Waals surface area contributed by atoms with Crippen molar-refractivity contribution in [1.29, 1.82) is 0 Å². The Bertz CT molecular complexity index is 526. The van der Waals surface area contributed by atoms with Gasteiger partial charge in [-0.15, -0.1) is 0 Å². The van der Waals surface area contributed by atoms with Gasteiger partial charge in [0.2, 0.25) is 5.78 Å². The molecule has 0 aromatic heterocycles. The molecule has 0 amide bonds. The van der Waals surface area contributed by atoms with E-state index < -0.39 is 0 Å². The molecule has 0 N–H and O–H groups in total. The molecule has 0 atom stereocenters. The number of carbonyl (C=O) groups excluding carboxylic acids is 2. The Kier molecular flexibility index (Phi) is 16.8. The fourth-order valence-corrected chi connectivity index (χ4v) is 2.56. The molecule has 1 heterocycles. The number of allylic oxidation sites excluding steroid dienone is 5. The number of rotatable bonds is 4. The van der Waals surface area contributed by atoms with Gasteiger partial charge in [0.1, 0.15) is 0 Å². The third-order valence-electron chi connectivity index (χ3n) is 3.77. The SMILES string of the molecule is CC.CC.CCC1=CC2=C(C=CC1)CCCN2CC(=O)C(C)=O.CN(C)C. The number of hydrogen-bond donors (Lipinski definition) is 0. The van der Waals surface area contributed by atoms with E-state index in [1.807, 2.05) is 53.7 Å². The smallest absolute Gasteiger partial charge is 0.217 e. The topological polar surface area (TPSA) is 40.6 Å². The molecule has 0 aromatic carbocycles. The van der Waals surface area contributed by atoms with Gasteiger partial charge in [-0.3, -0.25) is 9.59 Å². The van der Waals surface area contributed by atoms with Crippen LogP contribution in [0.1, 0.15) is 67.2 Å². The Labute approximate surface area is 168 Å². The maximum atomic E-state index is 11.7. The van der Waals surface area contributed by atoms with Crippen LogP contribution in [0.15, 0.2) is 35.1 Å². The van der Waals surface area contributed by atoms with Gasteiger partial charge in [0.25, 0.3) is 0 Å². The second-order valence-electron chi connectivity index (χ2n) is 6.52. The Morgan fingerprint density at radius 1 is 1.11 bits per heavy atom. The summed E-state index contributed by atoms with van der Waals surface area (Å²) in [6.07, 6.45) is 10.7. The van der Waals surface area contributed by atoms with Crippen LogP contribution in [0.4, 0.5) is 0 Å². The van der Waals surface area contributed by atoms with Gasteiger partial charge >= 0.3 is 0 Å². The summed E-state index contributed by atoms with van der Waals surface area (Å²) in [6.45, 7) is 12.6. The highest BCUT2D eigenvalue weighted by Crippen LogP contribution is 2.29. The van der Waals surface area contributed by atoms with E-state index in [0.717, 1.165) is 37.9 Å². The minimum atomic E-state index is -0.350. The van der Waals surface area contributed by atoms with Gasteiger partial charge in [0.15, 0.2) is 5.78 Å². The van der Waals surface area contributed by atoms with Crippen LogP contribution in [-0.4, -0.2) is 55.6 Å². The molecule has 4 nitrogen and oxygen atoms in total. The summed E-state index contributed by atoms with van der Waals surface area (Å²) in [5, 5.41) is 0. The van der Waals surface area contributed by atoms with E-state index in [4.69, 9.17) is 0 Å². The van der Waals surface area contributed by atoms with Crippen molar-refractivity contribution in [2.24, 2.45) is 0 Å². The normalized spacial score (nSPS) is 15.0. The van der Waals surface area contributed by atoms with E-state index in [2.05, 4.69) is 30.1 Å². The summed E-state index contributed by atoms with van der Waals surface area (Å²) in [5.74, 6) is -0.648. The van der Waals surface area contributed by atoms with Gasteiger partial charge in [-0.2, -0.15) is 0 Å². The Morgan fingerprint density at radius 2 is 1.67 bits per heavy atom. The zero-order valence-electron chi connectivity index (χ0n) is 19.2.